The van der Waals surface area contributed by atoms with Crippen LogP contribution < -0.4 is 21.1 Å². The fourth-order valence-electron chi connectivity index (χ4n) is 1.67. The van der Waals surface area contributed by atoms with E-state index in [1.165, 1.54) is 0 Å². The first kappa shape index (κ1) is 17.1. The van der Waals surface area contributed by atoms with Gasteiger partial charge < -0.3 is 21.1 Å². The lowest BCUT2D eigenvalue weighted by Gasteiger charge is -2.20. The molecule has 6 nitrogen and oxygen atoms in total. The maximum absolute atomic E-state index is 11.9. The second kappa shape index (κ2) is 8.36. The Morgan fingerprint density at radius 1 is 1.29 bits per heavy atom. The fraction of sp³-hybridized carbons (Fsp3) is 0.429. The third kappa shape index (κ3) is 6.35. The van der Waals surface area contributed by atoms with Crippen molar-refractivity contribution in [3.05, 3.63) is 29.3 Å². The van der Waals surface area contributed by atoms with Crippen LogP contribution in [0.2, 0.25) is 5.02 Å². The lowest BCUT2D eigenvalue weighted by atomic mass is 10.0. The Hall–Kier alpha value is -1.95. The minimum atomic E-state index is -0.721. The van der Waals surface area contributed by atoms with Crippen molar-refractivity contribution < 1.29 is 14.3 Å². The molecule has 0 aromatic heterocycles. The van der Waals surface area contributed by atoms with Gasteiger partial charge in [-0.25, -0.2) is 4.79 Å². The number of hydrogen-bond acceptors (Lipinski definition) is 3. The smallest absolute Gasteiger partial charge is 0.312 e. The number of hydrogen-bond donors (Lipinski definition) is 3. The molecular formula is C14H20ClN3O3. The van der Waals surface area contributed by atoms with Gasteiger partial charge in [-0.2, -0.15) is 0 Å². The summed E-state index contributed by atoms with van der Waals surface area (Å²) in [5, 5.41) is 5.74. The molecule has 116 valence electrons. The maximum atomic E-state index is 11.9. The molecule has 0 heterocycles. The van der Waals surface area contributed by atoms with Gasteiger partial charge >= 0.3 is 6.03 Å². The molecule has 21 heavy (non-hydrogen) atoms. The van der Waals surface area contributed by atoms with Crippen molar-refractivity contribution in [2.45, 2.75) is 19.9 Å². The van der Waals surface area contributed by atoms with E-state index in [4.69, 9.17) is 22.1 Å². The van der Waals surface area contributed by atoms with E-state index in [0.29, 0.717) is 23.9 Å². The van der Waals surface area contributed by atoms with Crippen LogP contribution in [-0.4, -0.2) is 31.1 Å². The van der Waals surface area contributed by atoms with E-state index in [-0.39, 0.29) is 11.8 Å². The summed E-state index contributed by atoms with van der Waals surface area (Å²) in [5.41, 5.74) is 5.05. The van der Waals surface area contributed by atoms with Crippen molar-refractivity contribution in [1.82, 2.24) is 10.6 Å². The van der Waals surface area contributed by atoms with Crippen LogP contribution in [0.5, 0.6) is 5.75 Å². The number of carbonyl (C=O) groups excluding carboxylic acids is 2. The molecule has 0 saturated heterocycles. The van der Waals surface area contributed by atoms with E-state index in [1.807, 2.05) is 13.8 Å². The number of primary amides is 1. The molecule has 7 heteroatoms. The van der Waals surface area contributed by atoms with E-state index in [1.54, 1.807) is 24.3 Å². The Labute approximate surface area is 129 Å². The van der Waals surface area contributed by atoms with Crippen LogP contribution in [-0.2, 0) is 4.79 Å². The van der Waals surface area contributed by atoms with Crippen LogP contribution in [0.15, 0.2) is 24.3 Å². The zero-order chi connectivity index (χ0) is 15.8. The summed E-state index contributed by atoms with van der Waals surface area (Å²) < 4.78 is 5.45. The summed E-state index contributed by atoms with van der Waals surface area (Å²) in [5.74, 6) is 0.322. The van der Waals surface area contributed by atoms with Gasteiger partial charge in [0.15, 0.2) is 0 Å². The third-order valence-electron chi connectivity index (χ3n) is 2.73. The first-order chi connectivity index (χ1) is 9.90. The van der Waals surface area contributed by atoms with Crippen LogP contribution in [0.4, 0.5) is 4.79 Å². The Bertz CT molecular complexity index is 477. The van der Waals surface area contributed by atoms with Gasteiger partial charge in [-0.1, -0.05) is 25.4 Å². The van der Waals surface area contributed by atoms with Crippen LogP contribution in [0.3, 0.4) is 0 Å². The van der Waals surface area contributed by atoms with Gasteiger partial charge in [0.05, 0.1) is 6.54 Å². The number of rotatable bonds is 7. The molecule has 0 fully saturated rings. The standard InChI is InChI=1S/C14H20ClN3O3/c1-9(2)12(18-14(16)20)13(19)17-7-8-21-11-5-3-10(15)4-6-11/h3-6,9,12H,7-8H2,1-2H3,(H,17,19)(H3,16,18,20). The zero-order valence-corrected chi connectivity index (χ0v) is 12.8. The molecular weight excluding hydrogens is 294 g/mol. The second-order valence-electron chi connectivity index (χ2n) is 4.82. The third-order valence-corrected chi connectivity index (χ3v) is 2.98. The van der Waals surface area contributed by atoms with Crippen molar-refractivity contribution in [2.75, 3.05) is 13.2 Å². The van der Waals surface area contributed by atoms with E-state index < -0.39 is 12.1 Å². The number of amides is 3. The molecule has 1 aromatic rings. The lowest BCUT2D eigenvalue weighted by Crippen LogP contribution is -2.51. The molecule has 1 rings (SSSR count). The first-order valence-corrected chi connectivity index (χ1v) is 7.00. The minimum absolute atomic E-state index is 0.0605. The van der Waals surface area contributed by atoms with Crippen molar-refractivity contribution in [2.24, 2.45) is 11.7 Å². The summed E-state index contributed by atoms with van der Waals surface area (Å²) >= 11 is 5.76. The average molecular weight is 314 g/mol. The van der Waals surface area contributed by atoms with Gasteiger partial charge in [-0.3, -0.25) is 4.79 Å². The number of benzene rings is 1. The SMILES string of the molecule is CC(C)C(NC(N)=O)C(=O)NCCOc1ccc(Cl)cc1. The highest BCUT2D eigenvalue weighted by Gasteiger charge is 2.22. The average Bonchev–Trinajstić information content (AvgIpc) is 2.42. The fourth-order valence-corrected chi connectivity index (χ4v) is 1.80. The Morgan fingerprint density at radius 2 is 1.90 bits per heavy atom. The normalized spacial score (nSPS) is 11.8. The quantitative estimate of drug-likeness (QED) is 0.666. The van der Waals surface area contributed by atoms with Gasteiger partial charge in [0.2, 0.25) is 5.91 Å². The van der Waals surface area contributed by atoms with Crippen molar-refractivity contribution in [3.8, 4) is 5.75 Å². The molecule has 1 atom stereocenters. The Morgan fingerprint density at radius 3 is 2.43 bits per heavy atom. The summed E-state index contributed by atoms with van der Waals surface area (Å²) in [6, 6.07) is 5.56. The predicted octanol–water partition coefficient (Wildman–Crippen LogP) is 1.53. The number of ether oxygens (including phenoxy) is 1. The topological polar surface area (TPSA) is 93.5 Å². The molecule has 0 saturated carbocycles. The predicted molar refractivity (Wildman–Crippen MR) is 81.3 cm³/mol. The van der Waals surface area contributed by atoms with Crippen LogP contribution in [0, 0.1) is 5.92 Å². The van der Waals surface area contributed by atoms with Gasteiger partial charge in [-0.15, -0.1) is 0 Å². The number of nitrogens with two attached hydrogens (primary N) is 1. The number of carbonyl (C=O) groups is 2. The molecule has 0 aliphatic rings. The number of urea groups is 1. The molecule has 0 aliphatic carbocycles. The summed E-state index contributed by atoms with van der Waals surface area (Å²) in [4.78, 5) is 22.8. The number of nitrogens with one attached hydrogen (secondary N) is 2. The van der Waals surface area contributed by atoms with Crippen molar-refractivity contribution in [1.29, 1.82) is 0 Å². The molecule has 0 bridgehead atoms. The van der Waals surface area contributed by atoms with Crippen LogP contribution in [0.25, 0.3) is 0 Å². The van der Waals surface area contributed by atoms with Crippen LogP contribution in [0.1, 0.15) is 13.8 Å². The molecule has 3 amide bonds. The second-order valence-corrected chi connectivity index (χ2v) is 5.26. The largest absolute Gasteiger partial charge is 0.492 e. The van der Waals surface area contributed by atoms with Gasteiger partial charge in [-0.05, 0) is 30.2 Å². The molecule has 1 aromatic carbocycles. The lowest BCUT2D eigenvalue weighted by molar-refractivity contribution is -0.123. The molecule has 0 radical (unpaired) electrons. The van der Waals surface area contributed by atoms with Crippen molar-refractivity contribution >= 4 is 23.5 Å². The first-order valence-electron chi connectivity index (χ1n) is 6.62. The van der Waals surface area contributed by atoms with E-state index >= 15 is 0 Å². The molecule has 4 N–H and O–H groups in total. The van der Waals surface area contributed by atoms with E-state index in [2.05, 4.69) is 10.6 Å². The van der Waals surface area contributed by atoms with E-state index in [0.717, 1.165) is 0 Å². The highest BCUT2D eigenvalue weighted by molar-refractivity contribution is 6.30. The van der Waals surface area contributed by atoms with Crippen molar-refractivity contribution in [3.63, 3.8) is 0 Å². The summed E-state index contributed by atoms with van der Waals surface area (Å²) in [6.07, 6.45) is 0. The maximum Gasteiger partial charge on any atom is 0.312 e. The van der Waals surface area contributed by atoms with Gasteiger partial charge in [0, 0.05) is 5.02 Å². The zero-order valence-electron chi connectivity index (χ0n) is 12.1. The highest BCUT2D eigenvalue weighted by atomic mass is 35.5. The van der Waals surface area contributed by atoms with Crippen LogP contribution >= 0.6 is 11.6 Å². The van der Waals surface area contributed by atoms with Gasteiger partial charge in [0.25, 0.3) is 0 Å². The Kier molecular flexibility index (Phi) is 6.81. The molecule has 1 unspecified atom stereocenters. The van der Waals surface area contributed by atoms with E-state index in [9.17, 15) is 9.59 Å². The summed E-state index contributed by atoms with van der Waals surface area (Å²) in [6.45, 7) is 4.29. The monoisotopic (exact) mass is 313 g/mol. The van der Waals surface area contributed by atoms with Gasteiger partial charge in [0.1, 0.15) is 18.4 Å². The Balaban J connectivity index is 2.34. The minimum Gasteiger partial charge on any atom is -0.492 e. The molecule has 0 spiro atoms. The number of halogens is 1. The summed E-state index contributed by atoms with van der Waals surface area (Å²) in [7, 11) is 0. The molecule has 0 aliphatic heterocycles. The highest BCUT2D eigenvalue weighted by Crippen LogP contribution is 2.15.